The molecule has 192 valence electrons. The summed E-state index contributed by atoms with van der Waals surface area (Å²) < 4.78 is 5.08. The zero-order valence-corrected chi connectivity index (χ0v) is 22.9. The van der Waals surface area contributed by atoms with Crippen molar-refractivity contribution in [2.75, 3.05) is 0 Å². The largest absolute Gasteiger partial charge is 0.293 e. The molecule has 40 heavy (non-hydrogen) atoms. The van der Waals surface area contributed by atoms with E-state index in [1.165, 1.54) is 42.2 Å². The number of rotatable bonds is 4. The first-order chi connectivity index (χ1) is 19.8. The van der Waals surface area contributed by atoms with Gasteiger partial charge in [-0.05, 0) is 48.1 Å². The van der Waals surface area contributed by atoms with Crippen LogP contribution < -0.4 is 10.7 Å². The third kappa shape index (κ3) is 3.81. The molecule has 0 saturated carbocycles. The molecule has 3 heteroatoms. The maximum Gasteiger partial charge on any atom is 0.145 e. The van der Waals surface area contributed by atoms with Crippen molar-refractivity contribution in [3.63, 3.8) is 0 Å². The lowest BCUT2D eigenvalue weighted by Crippen LogP contribution is -2.31. The first-order valence-corrected chi connectivity index (χ1v) is 14.9. The van der Waals surface area contributed by atoms with Gasteiger partial charge in [0, 0.05) is 37.3 Å². The number of thiophene rings is 1. The number of allylic oxidation sites excluding steroid dienone is 4. The Hall–Kier alpha value is -4.47. The summed E-state index contributed by atoms with van der Waals surface area (Å²) >= 11 is 1.94. The van der Waals surface area contributed by atoms with Crippen LogP contribution in [0.2, 0.25) is 0 Å². The zero-order chi connectivity index (χ0) is 26.5. The minimum atomic E-state index is 0.443. The van der Waals surface area contributed by atoms with Crippen molar-refractivity contribution in [3.8, 4) is 28.2 Å². The maximum atomic E-state index is 5.10. The van der Waals surface area contributed by atoms with Crippen molar-refractivity contribution in [2.24, 2.45) is 0 Å². The Bertz CT molecular complexity index is 2070. The summed E-state index contributed by atoms with van der Waals surface area (Å²) in [5.41, 5.74) is 6.25. The highest BCUT2D eigenvalue weighted by Crippen LogP contribution is 2.43. The van der Waals surface area contributed by atoms with Gasteiger partial charge in [-0.1, -0.05) is 115 Å². The quantitative estimate of drug-likeness (QED) is 0.222. The van der Waals surface area contributed by atoms with Gasteiger partial charge in [-0.3, -0.25) is 4.57 Å². The highest BCUT2D eigenvalue weighted by molar-refractivity contribution is 7.26. The molecule has 2 aromatic heterocycles. The van der Waals surface area contributed by atoms with Gasteiger partial charge in [-0.2, -0.15) is 0 Å². The van der Waals surface area contributed by atoms with E-state index in [4.69, 9.17) is 4.98 Å². The molecule has 4 aromatic carbocycles. The molecule has 1 unspecified atom stereocenters. The van der Waals surface area contributed by atoms with Gasteiger partial charge in [-0.25, -0.2) is 4.98 Å². The van der Waals surface area contributed by atoms with Crippen molar-refractivity contribution < 1.29 is 0 Å². The van der Waals surface area contributed by atoms with Crippen LogP contribution >= 0.6 is 11.3 Å². The van der Waals surface area contributed by atoms with Crippen LogP contribution in [0.1, 0.15) is 30.7 Å². The summed E-state index contributed by atoms with van der Waals surface area (Å²) in [6, 6.07) is 33.2. The van der Waals surface area contributed by atoms with Gasteiger partial charge in [0.25, 0.3) is 0 Å². The second kappa shape index (κ2) is 9.62. The van der Waals surface area contributed by atoms with E-state index in [-0.39, 0.29) is 0 Å². The zero-order valence-electron chi connectivity index (χ0n) is 22.1. The lowest BCUT2D eigenvalue weighted by Gasteiger charge is -2.14. The number of hydrogen-bond donors (Lipinski definition) is 0. The molecule has 2 aliphatic rings. The molecule has 0 N–H and O–H groups in total. The van der Waals surface area contributed by atoms with Crippen molar-refractivity contribution in [1.29, 1.82) is 0 Å². The van der Waals surface area contributed by atoms with Gasteiger partial charge < -0.3 is 0 Å². The van der Waals surface area contributed by atoms with Gasteiger partial charge in [0.05, 0.1) is 10.7 Å². The fourth-order valence-corrected chi connectivity index (χ4v) is 7.65. The van der Waals surface area contributed by atoms with Gasteiger partial charge in [-0.15, -0.1) is 11.3 Å². The molecule has 6 aromatic rings. The summed E-state index contributed by atoms with van der Waals surface area (Å²) in [7, 11) is 0. The van der Waals surface area contributed by atoms with Crippen molar-refractivity contribution in [3.05, 3.63) is 132 Å². The summed E-state index contributed by atoms with van der Waals surface area (Å²) in [6.45, 7) is 0. The molecule has 0 fully saturated rings. The van der Waals surface area contributed by atoms with E-state index in [1.54, 1.807) is 0 Å². The van der Waals surface area contributed by atoms with E-state index in [9.17, 15) is 0 Å². The minimum Gasteiger partial charge on any atom is -0.293 e. The number of aromatic nitrogens is 2. The normalized spacial score (nSPS) is 16.1. The lowest BCUT2D eigenvalue weighted by atomic mass is 9.91. The Labute approximate surface area is 237 Å². The van der Waals surface area contributed by atoms with Crippen LogP contribution in [-0.2, 0) is 0 Å². The van der Waals surface area contributed by atoms with Crippen LogP contribution in [-0.4, -0.2) is 9.55 Å². The van der Waals surface area contributed by atoms with Crippen LogP contribution in [0.4, 0.5) is 0 Å². The van der Waals surface area contributed by atoms with Crippen molar-refractivity contribution >= 4 is 43.7 Å². The van der Waals surface area contributed by atoms with E-state index in [0.717, 1.165) is 41.7 Å². The number of hydrogen-bond acceptors (Lipinski definition) is 2. The molecule has 0 aliphatic heterocycles. The average Bonchev–Trinajstić information content (AvgIpc) is 3.61. The first-order valence-electron chi connectivity index (χ1n) is 14.1. The standard InChI is InChI=1S/C37H28N2S/c1-3-11-25(12-4-1)29-15-9-17-31-32-18-10-16-30(36(32)40-35(29)31)26-21-23-27(24-22-26)37-38-33-19-7-8-20-34(33)39(37)28-13-5-2-6-14-28/h1-6,9-11,13-25H,7-8,12H2. The van der Waals surface area contributed by atoms with Gasteiger partial charge >= 0.3 is 0 Å². The Morgan fingerprint density at radius 1 is 0.700 bits per heavy atom. The molecule has 0 radical (unpaired) electrons. The van der Waals surface area contributed by atoms with Gasteiger partial charge in [0.2, 0.25) is 0 Å². The average molecular weight is 533 g/mol. The van der Waals surface area contributed by atoms with Crippen molar-refractivity contribution in [1.82, 2.24) is 9.55 Å². The number of imidazole rings is 1. The van der Waals surface area contributed by atoms with Crippen LogP contribution in [0, 0.1) is 0 Å². The minimum absolute atomic E-state index is 0.443. The second-order valence-corrected chi connectivity index (χ2v) is 11.6. The van der Waals surface area contributed by atoms with E-state index in [1.807, 2.05) is 11.3 Å². The molecular weight excluding hydrogens is 504 g/mol. The Kier molecular flexibility index (Phi) is 5.63. The third-order valence-electron chi connectivity index (χ3n) is 8.19. The molecular formula is C37H28N2S. The molecule has 2 nitrogen and oxygen atoms in total. The monoisotopic (exact) mass is 532 g/mol. The van der Waals surface area contributed by atoms with E-state index < -0.39 is 0 Å². The molecule has 1 atom stereocenters. The van der Waals surface area contributed by atoms with E-state index >= 15 is 0 Å². The fraction of sp³-hybridized carbons (Fsp3) is 0.108. The maximum absolute atomic E-state index is 5.10. The number of fused-ring (bicyclic) bond motifs is 4. The Morgan fingerprint density at radius 3 is 2.30 bits per heavy atom. The highest BCUT2D eigenvalue weighted by atomic mass is 32.1. The molecule has 0 saturated heterocycles. The van der Waals surface area contributed by atoms with Crippen LogP contribution in [0.15, 0.2) is 115 Å². The van der Waals surface area contributed by atoms with Crippen LogP contribution in [0.25, 0.3) is 60.5 Å². The topological polar surface area (TPSA) is 17.8 Å². The number of para-hydroxylation sites is 1. The van der Waals surface area contributed by atoms with E-state index in [2.05, 4.69) is 132 Å². The molecule has 0 bridgehead atoms. The molecule has 2 heterocycles. The Morgan fingerprint density at radius 2 is 1.48 bits per heavy atom. The number of nitrogens with zero attached hydrogens (tertiary/aromatic N) is 2. The SMILES string of the molecule is C1=CCC(c2cccc3c2sc2c(-c4ccc(-c5nc6c(n5-c5ccccc5)=CCCC=6)cc4)cccc23)C=C1. The van der Waals surface area contributed by atoms with Gasteiger partial charge in [0.15, 0.2) is 0 Å². The predicted molar refractivity (Wildman–Crippen MR) is 170 cm³/mol. The van der Waals surface area contributed by atoms with Crippen LogP contribution in [0.5, 0.6) is 0 Å². The second-order valence-electron chi connectivity index (χ2n) is 10.6. The van der Waals surface area contributed by atoms with Gasteiger partial charge in [0.1, 0.15) is 5.82 Å². The predicted octanol–water partition coefficient (Wildman–Crippen LogP) is 8.53. The smallest absolute Gasteiger partial charge is 0.145 e. The summed E-state index contributed by atoms with van der Waals surface area (Å²) in [5, 5.41) is 4.99. The number of benzene rings is 4. The molecule has 0 spiro atoms. The molecule has 2 aliphatic carbocycles. The van der Waals surface area contributed by atoms with E-state index in [0.29, 0.717) is 5.92 Å². The van der Waals surface area contributed by atoms with Crippen LogP contribution in [0.3, 0.4) is 0 Å². The summed E-state index contributed by atoms with van der Waals surface area (Å²) in [5.74, 6) is 1.44. The summed E-state index contributed by atoms with van der Waals surface area (Å²) in [4.78, 5) is 5.10. The first kappa shape index (κ1) is 23.4. The summed E-state index contributed by atoms with van der Waals surface area (Å²) in [6.07, 6.45) is 16.7. The lowest BCUT2D eigenvalue weighted by molar-refractivity contribution is 0.863. The molecule has 0 amide bonds. The van der Waals surface area contributed by atoms with Crippen molar-refractivity contribution in [2.45, 2.75) is 25.2 Å². The fourth-order valence-electron chi connectivity index (χ4n) is 6.24. The Balaban J connectivity index is 1.25. The molecule has 8 rings (SSSR count). The third-order valence-corrected chi connectivity index (χ3v) is 9.49. The highest BCUT2D eigenvalue weighted by Gasteiger charge is 2.18.